The highest BCUT2D eigenvalue weighted by Gasteiger charge is 2.25. The van der Waals surface area contributed by atoms with Crippen LogP contribution in [0.25, 0.3) is 0 Å². The average molecular weight is 552 g/mol. The van der Waals surface area contributed by atoms with E-state index in [4.69, 9.17) is 9.47 Å². The molecule has 4 N–H and O–H groups in total. The molecular weight excluding hydrogens is 518 g/mol. The second-order valence-corrected chi connectivity index (χ2v) is 9.01. The molecule has 12 nitrogen and oxygen atoms in total. The van der Waals surface area contributed by atoms with Crippen molar-refractivity contribution in [2.24, 2.45) is 7.05 Å². The Morgan fingerprint density at radius 2 is 1.75 bits per heavy atom. The van der Waals surface area contributed by atoms with Gasteiger partial charge in [-0.15, -0.1) is 0 Å². The van der Waals surface area contributed by atoms with E-state index in [0.717, 1.165) is 5.56 Å². The Morgan fingerprint density at radius 3 is 2.40 bits per heavy atom. The van der Waals surface area contributed by atoms with Crippen LogP contribution in [0, 0.1) is 0 Å². The largest absolute Gasteiger partial charge is 0.497 e. The lowest BCUT2D eigenvalue weighted by Crippen LogP contribution is -2.40. The summed E-state index contributed by atoms with van der Waals surface area (Å²) in [5, 5.41) is 17.5. The highest BCUT2D eigenvalue weighted by Crippen LogP contribution is 2.31. The van der Waals surface area contributed by atoms with Crippen LogP contribution in [-0.2, 0) is 23.2 Å². The van der Waals surface area contributed by atoms with Gasteiger partial charge in [0.25, 0.3) is 5.91 Å². The normalized spacial score (nSPS) is 11.2. The third kappa shape index (κ3) is 8.00. The predicted octanol–water partition coefficient (Wildman–Crippen LogP) is 2.77. The Hall–Kier alpha value is -5.00. The van der Waals surface area contributed by atoms with Crippen LogP contribution in [0.5, 0.6) is 11.5 Å². The average Bonchev–Trinajstić information content (AvgIpc) is 3.30. The number of carboxylic acids is 1. The number of ether oxygens (including phenoxy) is 2. The van der Waals surface area contributed by atoms with E-state index in [-0.39, 0.29) is 12.2 Å². The summed E-state index contributed by atoms with van der Waals surface area (Å²) in [6, 6.07) is 14.4. The molecule has 2 aromatic carbocycles. The van der Waals surface area contributed by atoms with Gasteiger partial charge in [-0.05, 0) is 29.8 Å². The van der Waals surface area contributed by atoms with E-state index in [2.05, 4.69) is 16.0 Å². The molecule has 0 aliphatic rings. The van der Waals surface area contributed by atoms with Gasteiger partial charge in [0.1, 0.15) is 17.2 Å². The summed E-state index contributed by atoms with van der Waals surface area (Å²) in [5.41, 5.74) is 2.01. The van der Waals surface area contributed by atoms with Crippen LogP contribution in [0.4, 0.5) is 10.5 Å². The third-order valence-electron chi connectivity index (χ3n) is 6.03. The van der Waals surface area contributed by atoms with Crippen molar-refractivity contribution < 1.29 is 33.8 Å². The minimum atomic E-state index is -1.13. The zero-order valence-corrected chi connectivity index (χ0v) is 22.8. The van der Waals surface area contributed by atoms with Crippen LogP contribution in [0.1, 0.15) is 34.1 Å². The van der Waals surface area contributed by atoms with Crippen molar-refractivity contribution in [1.29, 1.82) is 0 Å². The first-order chi connectivity index (χ1) is 19.1. The van der Waals surface area contributed by atoms with Gasteiger partial charge in [-0.1, -0.05) is 30.3 Å². The van der Waals surface area contributed by atoms with Gasteiger partial charge in [0, 0.05) is 32.4 Å². The molecule has 1 aromatic heterocycles. The molecule has 3 aromatic rings. The number of aromatic nitrogens is 1. The number of likely N-dealkylation sites (N-methyl/N-ethyl adjacent to an activating group) is 1. The van der Waals surface area contributed by atoms with E-state index in [0.29, 0.717) is 29.3 Å². The molecule has 0 aliphatic carbocycles. The number of carbonyl (C=O) groups excluding carboxylic acids is 3. The molecule has 212 valence electrons. The van der Waals surface area contributed by atoms with Gasteiger partial charge >= 0.3 is 12.0 Å². The summed E-state index contributed by atoms with van der Waals surface area (Å²) < 4.78 is 12.1. The van der Waals surface area contributed by atoms with E-state index in [1.807, 2.05) is 30.3 Å². The van der Waals surface area contributed by atoms with Crippen molar-refractivity contribution in [3.05, 3.63) is 77.6 Å². The van der Waals surface area contributed by atoms with Crippen molar-refractivity contribution >= 4 is 29.5 Å². The second kappa shape index (κ2) is 13.7. The number of hydrogen-bond donors (Lipinski definition) is 4. The Bertz CT molecular complexity index is 1360. The molecule has 0 saturated carbocycles. The van der Waals surface area contributed by atoms with Crippen LogP contribution in [-0.4, -0.2) is 66.2 Å². The molecule has 4 amide bonds. The smallest absolute Gasteiger partial charge is 0.319 e. The topological polar surface area (TPSA) is 151 Å². The number of carbonyl (C=O) groups is 4. The van der Waals surface area contributed by atoms with E-state index >= 15 is 0 Å². The van der Waals surface area contributed by atoms with E-state index < -0.39 is 36.3 Å². The van der Waals surface area contributed by atoms with Crippen LogP contribution < -0.4 is 25.4 Å². The fourth-order valence-electron chi connectivity index (χ4n) is 4.05. The first-order valence-electron chi connectivity index (χ1n) is 12.3. The molecule has 0 fully saturated rings. The van der Waals surface area contributed by atoms with E-state index in [1.54, 1.807) is 31.4 Å². The Labute approximate surface area is 231 Å². The van der Waals surface area contributed by atoms with Gasteiger partial charge in [0.15, 0.2) is 0 Å². The zero-order chi connectivity index (χ0) is 29.2. The maximum absolute atomic E-state index is 13.1. The van der Waals surface area contributed by atoms with Crippen molar-refractivity contribution in [3.63, 3.8) is 0 Å². The molecule has 1 atom stereocenters. The number of anilines is 1. The predicted molar refractivity (Wildman–Crippen MR) is 147 cm³/mol. The summed E-state index contributed by atoms with van der Waals surface area (Å²) in [4.78, 5) is 51.0. The number of nitrogens with zero attached hydrogens (tertiary/aromatic N) is 2. The Morgan fingerprint density at radius 1 is 1.02 bits per heavy atom. The lowest BCUT2D eigenvalue weighted by Gasteiger charge is -2.23. The molecule has 3 rings (SSSR count). The number of carboxylic acid groups (broad SMARTS) is 1. The van der Waals surface area contributed by atoms with Gasteiger partial charge in [0.2, 0.25) is 5.91 Å². The van der Waals surface area contributed by atoms with Crippen LogP contribution in [0.15, 0.2) is 60.8 Å². The highest BCUT2D eigenvalue weighted by molar-refractivity contribution is 5.97. The van der Waals surface area contributed by atoms with E-state index in [9.17, 15) is 24.3 Å². The molecule has 0 spiro atoms. The molecule has 0 radical (unpaired) electrons. The molecule has 12 heteroatoms. The number of aryl methyl sites for hydroxylation is 1. The lowest BCUT2D eigenvalue weighted by molar-refractivity contribution is -0.137. The summed E-state index contributed by atoms with van der Waals surface area (Å²) in [6.07, 6.45) is 1.17. The van der Waals surface area contributed by atoms with Crippen LogP contribution in [0.3, 0.4) is 0 Å². The molecule has 1 heterocycles. The maximum atomic E-state index is 13.1. The molecule has 40 heavy (non-hydrogen) atoms. The summed E-state index contributed by atoms with van der Waals surface area (Å²) in [5.74, 6) is -1.32. The third-order valence-corrected chi connectivity index (χ3v) is 6.03. The fourth-order valence-corrected chi connectivity index (χ4v) is 4.05. The first-order valence-corrected chi connectivity index (χ1v) is 12.3. The molecule has 0 bridgehead atoms. The molecule has 1 unspecified atom stereocenters. The highest BCUT2D eigenvalue weighted by atomic mass is 16.5. The lowest BCUT2D eigenvalue weighted by atomic mass is 10.0. The number of urea groups is 1. The van der Waals surface area contributed by atoms with Gasteiger partial charge in [-0.2, -0.15) is 0 Å². The van der Waals surface area contributed by atoms with Gasteiger partial charge < -0.3 is 40.0 Å². The van der Waals surface area contributed by atoms with Crippen molar-refractivity contribution in [1.82, 2.24) is 20.1 Å². The van der Waals surface area contributed by atoms with Crippen molar-refractivity contribution in [2.75, 3.05) is 33.1 Å². The summed E-state index contributed by atoms with van der Waals surface area (Å²) >= 11 is 0. The van der Waals surface area contributed by atoms with E-state index in [1.165, 1.54) is 36.8 Å². The molecule has 0 aliphatic heterocycles. The molecular formula is C28H33N5O7. The number of nitrogens with one attached hydrogen (secondary N) is 3. The maximum Gasteiger partial charge on any atom is 0.319 e. The molecule has 0 saturated heterocycles. The monoisotopic (exact) mass is 551 g/mol. The van der Waals surface area contributed by atoms with Crippen LogP contribution in [0.2, 0.25) is 0 Å². The standard InChI is InChI=1S/C28H33N5O7/c1-32-16-19(30-28(38)29-15-18-8-6-5-7-9-18)12-23(32)27(37)33(2)17-25(34)31-22(14-26(35)36)21-13-20(39-3)10-11-24(21)40-4/h5-13,16,22H,14-15,17H2,1-4H3,(H,31,34)(H,35,36)(H2,29,30,38). The Kier molecular flexibility index (Phi) is 10.1. The number of amides is 4. The van der Waals surface area contributed by atoms with Gasteiger partial charge in [-0.3, -0.25) is 14.4 Å². The Balaban J connectivity index is 1.64. The quantitative estimate of drug-likeness (QED) is 0.270. The first kappa shape index (κ1) is 29.6. The number of hydrogen-bond acceptors (Lipinski definition) is 6. The second-order valence-electron chi connectivity index (χ2n) is 9.01. The fraction of sp³-hybridized carbons (Fsp3) is 0.286. The summed E-state index contributed by atoms with van der Waals surface area (Å²) in [7, 11) is 6.00. The summed E-state index contributed by atoms with van der Waals surface area (Å²) in [6.45, 7) is 0.000390. The van der Waals surface area contributed by atoms with Crippen molar-refractivity contribution in [3.8, 4) is 11.5 Å². The minimum Gasteiger partial charge on any atom is -0.497 e. The van der Waals surface area contributed by atoms with Gasteiger partial charge in [-0.25, -0.2) is 4.79 Å². The number of methoxy groups -OCH3 is 2. The van der Waals surface area contributed by atoms with Crippen LogP contribution >= 0.6 is 0 Å². The van der Waals surface area contributed by atoms with Gasteiger partial charge in [0.05, 0.1) is 38.9 Å². The number of rotatable bonds is 12. The SMILES string of the molecule is COc1ccc(OC)c(C(CC(=O)O)NC(=O)CN(C)C(=O)c2cc(NC(=O)NCc3ccccc3)cn2C)c1. The minimum absolute atomic E-state index is 0.241. The zero-order valence-electron chi connectivity index (χ0n) is 22.8. The van der Waals surface area contributed by atoms with Crippen molar-refractivity contribution in [2.45, 2.75) is 19.0 Å². The number of benzene rings is 2. The number of aliphatic carboxylic acids is 1.